The zero-order valence-electron chi connectivity index (χ0n) is 15.0. The van der Waals surface area contributed by atoms with Gasteiger partial charge in [-0.2, -0.15) is 0 Å². The number of piperidine rings is 1. The molecule has 0 bridgehead atoms. The summed E-state index contributed by atoms with van der Waals surface area (Å²) in [6.07, 6.45) is 1.48. The highest BCUT2D eigenvalue weighted by Crippen LogP contribution is 2.18. The molecule has 0 spiro atoms. The van der Waals surface area contributed by atoms with E-state index in [1.54, 1.807) is 4.90 Å². The van der Waals surface area contributed by atoms with Crippen LogP contribution in [0.15, 0.2) is 54.6 Å². The Labute approximate surface area is 154 Å². The molecule has 1 heterocycles. The fourth-order valence-corrected chi connectivity index (χ4v) is 3.33. The first-order chi connectivity index (χ1) is 12.6. The number of likely N-dealkylation sites (tertiary alicyclic amines) is 1. The predicted molar refractivity (Wildman–Crippen MR) is 102 cm³/mol. The average Bonchev–Trinajstić information content (AvgIpc) is 2.68. The zero-order valence-corrected chi connectivity index (χ0v) is 15.0. The van der Waals surface area contributed by atoms with Crippen molar-refractivity contribution in [1.82, 2.24) is 10.2 Å². The molecular weight excluding hydrogens is 326 g/mol. The summed E-state index contributed by atoms with van der Waals surface area (Å²) in [6, 6.07) is 16.4. The number of carbonyl (C=O) groups is 2. The largest absolute Gasteiger partial charge is 0.349 e. The lowest BCUT2D eigenvalue weighted by atomic mass is 10.0. The smallest absolute Gasteiger partial charge is 0.251 e. The monoisotopic (exact) mass is 351 g/mol. The number of benzene rings is 2. The molecule has 26 heavy (non-hydrogen) atoms. The Morgan fingerprint density at radius 2 is 1.65 bits per heavy atom. The predicted octanol–water partition coefficient (Wildman–Crippen LogP) is 2.42. The number of nitrogens with one attached hydrogen (secondary N) is 1. The number of aryl methyl sites for hydroxylation is 1. The molecule has 1 saturated heterocycles. The number of nitrogens with two attached hydrogens (primary N) is 1. The maximum Gasteiger partial charge on any atom is 0.251 e. The summed E-state index contributed by atoms with van der Waals surface area (Å²) in [5.74, 6) is -0.103. The second-order valence-corrected chi connectivity index (χ2v) is 6.78. The standard InChI is InChI=1S/C21H25N3O2/c1-15-7-5-6-10-18(15)20(25)23-17-11-13-24(14-12-17)21(26)19(22)16-8-3-2-4-9-16/h2-10,17,19H,11-14,22H2,1H3,(H,23,25). The van der Waals surface area contributed by atoms with Gasteiger partial charge in [-0.25, -0.2) is 0 Å². The SMILES string of the molecule is Cc1ccccc1C(=O)NC1CCN(C(=O)C(N)c2ccccc2)CC1. The molecule has 1 unspecified atom stereocenters. The lowest BCUT2D eigenvalue weighted by Crippen LogP contribution is -2.48. The quantitative estimate of drug-likeness (QED) is 0.888. The molecule has 1 aliphatic rings. The van der Waals surface area contributed by atoms with Crippen molar-refractivity contribution in [3.8, 4) is 0 Å². The third-order valence-electron chi connectivity index (χ3n) is 4.96. The first-order valence-electron chi connectivity index (χ1n) is 9.02. The molecule has 0 aromatic heterocycles. The molecule has 1 aliphatic heterocycles. The molecular formula is C21H25N3O2. The highest BCUT2D eigenvalue weighted by molar-refractivity contribution is 5.95. The van der Waals surface area contributed by atoms with Crippen molar-refractivity contribution in [2.45, 2.75) is 31.8 Å². The Morgan fingerprint density at radius 1 is 1.04 bits per heavy atom. The van der Waals surface area contributed by atoms with E-state index in [1.165, 1.54) is 0 Å². The number of hydrogen-bond donors (Lipinski definition) is 2. The van der Waals surface area contributed by atoms with E-state index in [1.807, 2.05) is 61.5 Å². The van der Waals surface area contributed by atoms with Crippen molar-refractivity contribution in [2.24, 2.45) is 5.73 Å². The van der Waals surface area contributed by atoms with Crippen molar-refractivity contribution in [3.05, 3.63) is 71.3 Å². The van der Waals surface area contributed by atoms with E-state index in [2.05, 4.69) is 5.32 Å². The molecule has 0 saturated carbocycles. The number of carbonyl (C=O) groups excluding carboxylic acids is 2. The van der Waals surface area contributed by atoms with E-state index in [0.29, 0.717) is 18.7 Å². The summed E-state index contributed by atoms with van der Waals surface area (Å²) in [5, 5.41) is 3.09. The van der Waals surface area contributed by atoms with Crippen LogP contribution in [0.3, 0.4) is 0 Å². The van der Waals surface area contributed by atoms with Crippen LogP contribution in [0.4, 0.5) is 0 Å². The van der Waals surface area contributed by atoms with Crippen LogP contribution in [0, 0.1) is 6.92 Å². The fourth-order valence-electron chi connectivity index (χ4n) is 3.33. The van der Waals surface area contributed by atoms with Gasteiger partial charge in [0.1, 0.15) is 6.04 Å². The summed E-state index contributed by atoms with van der Waals surface area (Å²) < 4.78 is 0. The molecule has 3 N–H and O–H groups in total. The normalized spacial score (nSPS) is 16.2. The van der Waals surface area contributed by atoms with E-state index in [0.717, 1.165) is 24.0 Å². The molecule has 1 fully saturated rings. The van der Waals surface area contributed by atoms with Gasteiger partial charge in [0.2, 0.25) is 5.91 Å². The van der Waals surface area contributed by atoms with Crippen molar-refractivity contribution >= 4 is 11.8 Å². The van der Waals surface area contributed by atoms with E-state index in [4.69, 9.17) is 5.73 Å². The second-order valence-electron chi connectivity index (χ2n) is 6.78. The highest BCUT2D eigenvalue weighted by Gasteiger charge is 2.28. The summed E-state index contributed by atoms with van der Waals surface area (Å²) in [6.45, 7) is 3.15. The Kier molecular flexibility index (Phi) is 5.68. The van der Waals surface area contributed by atoms with Gasteiger partial charge >= 0.3 is 0 Å². The molecule has 3 rings (SSSR count). The van der Waals surface area contributed by atoms with Crippen molar-refractivity contribution in [1.29, 1.82) is 0 Å². The number of nitrogens with zero attached hydrogens (tertiary/aromatic N) is 1. The van der Waals surface area contributed by atoms with Gasteiger partial charge in [-0.15, -0.1) is 0 Å². The van der Waals surface area contributed by atoms with Crippen molar-refractivity contribution < 1.29 is 9.59 Å². The lowest BCUT2D eigenvalue weighted by Gasteiger charge is -2.34. The maximum atomic E-state index is 12.6. The molecule has 2 amide bonds. The number of amides is 2. The summed E-state index contributed by atoms with van der Waals surface area (Å²) in [5.41, 5.74) is 8.61. The van der Waals surface area contributed by atoms with E-state index in [-0.39, 0.29) is 17.9 Å². The summed E-state index contributed by atoms with van der Waals surface area (Å²) >= 11 is 0. The van der Waals surface area contributed by atoms with E-state index in [9.17, 15) is 9.59 Å². The first-order valence-corrected chi connectivity index (χ1v) is 9.02. The molecule has 5 nitrogen and oxygen atoms in total. The number of rotatable bonds is 4. The summed E-state index contributed by atoms with van der Waals surface area (Å²) in [4.78, 5) is 26.8. The third-order valence-corrected chi connectivity index (χ3v) is 4.96. The van der Waals surface area contributed by atoms with Gasteiger partial charge in [0, 0.05) is 24.7 Å². The molecule has 0 radical (unpaired) electrons. The van der Waals surface area contributed by atoms with Crippen molar-refractivity contribution in [2.75, 3.05) is 13.1 Å². The molecule has 136 valence electrons. The minimum absolute atomic E-state index is 0.0473. The topological polar surface area (TPSA) is 75.4 Å². The Bertz CT molecular complexity index is 768. The highest BCUT2D eigenvalue weighted by atomic mass is 16.2. The maximum absolute atomic E-state index is 12.6. The average molecular weight is 351 g/mol. The van der Waals surface area contributed by atoms with Crippen LogP contribution < -0.4 is 11.1 Å². The van der Waals surface area contributed by atoms with E-state index >= 15 is 0 Å². The zero-order chi connectivity index (χ0) is 18.5. The summed E-state index contributed by atoms with van der Waals surface area (Å²) in [7, 11) is 0. The van der Waals surface area contributed by atoms with Gasteiger partial charge in [-0.05, 0) is 37.0 Å². The minimum Gasteiger partial charge on any atom is -0.349 e. The van der Waals surface area contributed by atoms with Crippen LogP contribution in [-0.2, 0) is 4.79 Å². The Balaban J connectivity index is 1.53. The molecule has 0 aliphatic carbocycles. The van der Waals surface area contributed by atoms with Gasteiger partial charge < -0.3 is 16.0 Å². The minimum atomic E-state index is -0.630. The van der Waals surface area contributed by atoms with Gasteiger partial charge in [-0.3, -0.25) is 9.59 Å². The molecule has 1 atom stereocenters. The number of hydrogen-bond acceptors (Lipinski definition) is 3. The molecule has 2 aromatic carbocycles. The Hall–Kier alpha value is -2.66. The van der Waals surface area contributed by atoms with Crippen LogP contribution >= 0.6 is 0 Å². The van der Waals surface area contributed by atoms with E-state index < -0.39 is 6.04 Å². The second kappa shape index (κ2) is 8.15. The van der Waals surface area contributed by atoms with Gasteiger partial charge in [0.25, 0.3) is 5.91 Å². The van der Waals surface area contributed by atoms with Gasteiger partial charge in [-0.1, -0.05) is 48.5 Å². The molecule has 2 aromatic rings. The fraction of sp³-hybridized carbons (Fsp3) is 0.333. The first kappa shape index (κ1) is 18.1. The van der Waals surface area contributed by atoms with Gasteiger partial charge in [0.15, 0.2) is 0 Å². The lowest BCUT2D eigenvalue weighted by molar-refractivity contribution is -0.133. The third kappa shape index (κ3) is 4.11. The van der Waals surface area contributed by atoms with Gasteiger partial charge in [0.05, 0.1) is 0 Å². The van der Waals surface area contributed by atoms with Crippen LogP contribution in [0.5, 0.6) is 0 Å². The molecule has 5 heteroatoms. The van der Waals surface area contributed by atoms with Crippen LogP contribution in [0.2, 0.25) is 0 Å². The Morgan fingerprint density at radius 3 is 2.31 bits per heavy atom. The van der Waals surface area contributed by atoms with Crippen LogP contribution in [-0.4, -0.2) is 35.8 Å². The van der Waals surface area contributed by atoms with Crippen LogP contribution in [0.1, 0.15) is 40.4 Å². The van der Waals surface area contributed by atoms with Crippen LogP contribution in [0.25, 0.3) is 0 Å². The van der Waals surface area contributed by atoms with Crippen molar-refractivity contribution in [3.63, 3.8) is 0 Å².